The van der Waals surface area contributed by atoms with Crippen molar-refractivity contribution in [1.82, 2.24) is 0 Å². The second-order valence-corrected chi connectivity index (χ2v) is 5.00. The van der Waals surface area contributed by atoms with Gasteiger partial charge < -0.3 is 10.2 Å². The van der Waals surface area contributed by atoms with E-state index >= 15 is 0 Å². The van der Waals surface area contributed by atoms with E-state index in [4.69, 9.17) is 0 Å². The third-order valence-corrected chi connectivity index (χ3v) is 3.48. The quantitative estimate of drug-likeness (QED) is 0.656. The number of rotatable bonds is 7. The van der Waals surface area contributed by atoms with Crippen LogP contribution in [0.25, 0.3) is 0 Å². The molecule has 0 aromatic heterocycles. The van der Waals surface area contributed by atoms with Gasteiger partial charge in [-0.05, 0) is 25.2 Å². The van der Waals surface area contributed by atoms with E-state index in [0.29, 0.717) is 12.8 Å². The Labute approximate surface area is 97.9 Å². The van der Waals surface area contributed by atoms with Crippen LogP contribution < -0.4 is 0 Å². The number of aliphatic hydroxyl groups excluding tert-OH is 2. The maximum atomic E-state index is 11.1. The Morgan fingerprint density at radius 1 is 1.31 bits per heavy atom. The Hall–Kier alpha value is -0.410. The van der Waals surface area contributed by atoms with Crippen molar-refractivity contribution in [3.63, 3.8) is 0 Å². The van der Waals surface area contributed by atoms with E-state index < -0.39 is 6.10 Å². The molecular weight excluding hydrogens is 204 g/mol. The number of Topliss-reactive ketones (excluding diaryl/α,β-unsaturated/α-hetero) is 1. The maximum absolute atomic E-state index is 11.1. The van der Waals surface area contributed by atoms with Gasteiger partial charge in [-0.25, -0.2) is 0 Å². The molecule has 0 aliphatic heterocycles. The number of hydrogen-bond donors (Lipinski definition) is 2. The molecule has 3 atom stereocenters. The molecule has 3 nitrogen and oxygen atoms in total. The summed E-state index contributed by atoms with van der Waals surface area (Å²) in [6.45, 7) is 2.15. The monoisotopic (exact) mass is 228 g/mol. The van der Waals surface area contributed by atoms with Crippen LogP contribution in [0.15, 0.2) is 0 Å². The average molecular weight is 228 g/mol. The van der Waals surface area contributed by atoms with Crippen LogP contribution in [0.3, 0.4) is 0 Å². The second-order valence-electron chi connectivity index (χ2n) is 5.00. The van der Waals surface area contributed by atoms with Crippen molar-refractivity contribution in [3.8, 4) is 0 Å². The molecule has 1 rings (SSSR count). The highest BCUT2D eigenvalue weighted by Gasteiger charge is 2.31. The molecular formula is C13H24O3. The summed E-state index contributed by atoms with van der Waals surface area (Å²) in [5, 5.41) is 19.3. The average Bonchev–Trinajstić information content (AvgIpc) is 2.55. The third kappa shape index (κ3) is 4.62. The molecule has 16 heavy (non-hydrogen) atoms. The van der Waals surface area contributed by atoms with Crippen LogP contribution in [-0.4, -0.2) is 28.2 Å². The van der Waals surface area contributed by atoms with E-state index in [9.17, 15) is 15.0 Å². The summed E-state index contributed by atoms with van der Waals surface area (Å²) in [4.78, 5) is 11.1. The number of carbonyl (C=O) groups excluding carboxylic acids is 1. The molecule has 0 aromatic rings. The largest absolute Gasteiger partial charge is 0.393 e. The van der Waals surface area contributed by atoms with E-state index in [0.717, 1.165) is 25.7 Å². The molecule has 0 aromatic carbocycles. The summed E-state index contributed by atoms with van der Waals surface area (Å²) in [7, 11) is 0. The van der Waals surface area contributed by atoms with Gasteiger partial charge in [-0.15, -0.1) is 0 Å². The number of carbonyl (C=O) groups is 1. The lowest BCUT2D eigenvalue weighted by Crippen LogP contribution is -2.16. The highest BCUT2D eigenvalue weighted by molar-refractivity contribution is 5.81. The van der Waals surface area contributed by atoms with Crippen LogP contribution in [-0.2, 0) is 4.79 Å². The zero-order chi connectivity index (χ0) is 12.0. The zero-order valence-electron chi connectivity index (χ0n) is 10.2. The smallest absolute Gasteiger partial charge is 0.135 e. The molecule has 0 bridgehead atoms. The predicted molar refractivity (Wildman–Crippen MR) is 63.1 cm³/mol. The summed E-state index contributed by atoms with van der Waals surface area (Å²) in [5.74, 6) is 0.256. The maximum Gasteiger partial charge on any atom is 0.135 e. The standard InChI is InChI=1S/C13H24O3/c1-2-3-4-5-11(14)7-6-10-8-12(15)9-13(10)16/h10-11,13-14,16H,2-9H2,1H3/t10-,11-,13?/m1/s1. The van der Waals surface area contributed by atoms with Crippen molar-refractivity contribution in [3.05, 3.63) is 0 Å². The highest BCUT2D eigenvalue weighted by atomic mass is 16.3. The number of unbranched alkanes of at least 4 members (excludes halogenated alkanes) is 2. The van der Waals surface area contributed by atoms with Crippen LogP contribution in [0.5, 0.6) is 0 Å². The minimum Gasteiger partial charge on any atom is -0.393 e. The van der Waals surface area contributed by atoms with Crippen molar-refractivity contribution < 1.29 is 15.0 Å². The lowest BCUT2D eigenvalue weighted by molar-refractivity contribution is -0.118. The zero-order valence-corrected chi connectivity index (χ0v) is 10.2. The predicted octanol–water partition coefficient (Wildman–Crippen LogP) is 2.05. The van der Waals surface area contributed by atoms with Crippen molar-refractivity contribution >= 4 is 5.78 Å². The molecule has 0 saturated heterocycles. The summed E-state index contributed by atoms with van der Waals surface area (Å²) in [6.07, 6.45) is 5.86. The van der Waals surface area contributed by atoms with Crippen LogP contribution in [0, 0.1) is 5.92 Å². The summed E-state index contributed by atoms with van der Waals surface area (Å²) in [6, 6.07) is 0. The van der Waals surface area contributed by atoms with Crippen molar-refractivity contribution in [2.24, 2.45) is 5.92 Å². The molecule has 3 heteroatoms. The second kappa shape index (κ2) is 7.02. The number of aliphatic hydroxyl groups is 2. The molecule has 1 fully saturated rings. The van der Waals surface area contributed by atoms with Crippen LogP contribution in [0.4, 0.5) is 0 Å². The van der Waals surface area contributed by atoms with Gasteiger partial charge in [-0.3, -0.25) is 4.79 Å². The Kier molecular flexibility index (Phi) is 5.99. The van der Waals surface area contributed by atoms with Gasteiger partial charge in [0.1, 0.15) is 5.78 Å². The topological polar surface area (TPSA) is 57.5 Å². The molecule has 2 N–H and O–H groups in total. The van der Waals surface area contributed by atoms with E-state index in [-0.39, 0.29) is 17.8 Å². The van der Waals surface area contributed by atoms with Crippen molar-refractivity contribution in [1.29, 1.82) is 0 Å². The first-order valence-corrected chi connectivity index (χ1v) is 6.51. The van der Waals surface area contributed by atoms with Gasteiger partial charge in [-0.2, -0.15) is 0 Å². The SMILES string of the molecule is CCCCC[C@@H](O)CC[C@@H]1CC(=O)CC1O. The summed E-state index contributed by atoms with van der Waals surface area (Å²) < 4.78 is 0. The van der Waals surface area contributed by atoms with Crippen LogP contribution in [0.2, 0.25) is 0 Å². The Morgan fingerprint density at radius 3 is 2.62 bits per heavy atom. The lowest BCUT2D eigenvalue weighted by atomic mass is 9.96. The number of ketones is 1. The van der Waals surface area contributed by atoms with Gasteiger partial charge in [-0.1, -0.05) is 26.2 Å². The van der Waals surface area contributed by atoms with Gasteiger partial charge in [0, 0.05) is 12.8 Å². The minimum absolute atomic E-state index is 0.0910. The molecule has 0 radical (unpaired) electrons. The Balaban J connectivity index is 2.11. The molecule has 0 heterocycles. The van der Waals surface area contributed by atoms with E-state index in [1.807, 2.05) is 0 Å². The van der Waals surface area contributed by atoms with Gasteiger partial charge in [0.25, 0.3) is 0 Å². The van der Waals surface area contributed by atoms with Crippen LogP contribution >= 0.6 is 0 Å². The Morgan fingerprint density at radius 2 is 2.06 bits per heavy atom. The van der Waals surface area contributed by atoms with Gasteiger partial charge in [0.05, 0.1) is 12.2 Å². The van der Waals surface area contributed by atoms with E-state index in [2.05, 4.69) is 6.92 Å². The summed E-state index contributed by atoms with van der Waals surface area (Å²) >= 11 is 0. The van der Waals surface area contributed by atoms with Crippen molar-refractivity contribution in [2.45, 2.75) is 70.5 Å². The first-order valence-electron chi connectivity index (χ1n) is 6.51. The molecule has 0 amide bonds. The van der Waals surface area contributed by atoms with E-state index in [1.54, 1.807) is 0 Å². The fourth-order valence-corrected chi connectivity index (χ4v) is 2.39. The number of hydrogen-bond acceptors (Lipinski definition) is 3. The molecule has 1 unspecified atom stereocenters. The first kappa shape index (κ1) is 13.7. The fourth-order valence-electron chi connectivity index (χ4n) is 2.39. The molecule has 1 aliphatic rings. The molecule has 0 spiro atoms. The normalized spacial score (nSPS) is 27.3. The molecule has 94 valence electrons. The lowest BCUT2D eigenvalue weighted by Gasteiger charge is -2.16. The molecule has 1 saturated carbocycles. The Bertz CT molecular complexity index is 215. The third-order valence-electron chi connectivity index (χ3n) is 3.48. The first-order chi connectivity index (χ1) is 7.63. The van der Waals surface area contributed by atoms with Gasteiger partial charge >= 0.3 is 0 Å². The van der Waals surface area contributed by atoms with E-state index in [1.165, 1.54) is 12.8 Å². The van der Waals surface area contributed by atoms with Gasteiger partial charge in [0.2, 0.25) is 0 Å². The van der Waals surface area contributed by atoms with Crippen molar-refractivity contribution in [2.75, 3.05) is 0 Å². The molecule has 1 aliphatic carbocycles. The van der Waals surface area contributed by atoms with Gasteiger partial charge in [0.15, 0.2) is 0 Å². The summed E-state index contributed by atoms with van der Waals surface area (Å²) in [5.41, 5.74) is 0. The minimum atomic E-state index is -0.463. The fraction of sp³-hybridized carbons (Fsp3) is 0.923. The van der Waals surface area contributed by atoms with Crippen LogP contribution in [0.1, 0.15) is 58.3 Å². The highest BCUT2D eigenvalue weighted by Crippen LogP contribution is 2.27.